The molecule has 1 amide bonds. The van der Waals surface area contributed by atoms with Crippen molar-refractivity contribution in [3.8, 4) is 5.75 Å². The van der Waals surface area contributed by atoms with Gasteiger partial charge >= 0.3 is 0 Å². The molecule has 0 unspecified atom stereocenters. The molecule has 18 heavy (non-hydrogen) atoms. The third-order valence-corrected chi connectivity index (χ3v) is 3.27. The fourth-order valence-corrected chi connectivity index (χ4v) is 2.07. The molecule has 1 rings (SSSR count). The van der Waals surface area contributed by atoms with Gasteiger partial charge in [-0.15, -0.1) is 0 Å². The largest absolute Gasteiger partial charge is 0.505 e. The number of aromatic hydroxyl groups is 1. The standard InChI is InChI=1S/C13H18BrNO3/c1-8-6-10(14)13(17)11(7-8)15-12(16)5-4-9(2)18-3/h6-7,9,17H,4-5H2,1-3H3,(H,15,16)/t9-/m0/s1. The topological polar surface area (TPSA) is 58.6 Å². The summed E-state index contributed by atoms with van der Waals surface area (Å²) >= 11 is 3.24. The zero-order valence-corrected chi connectivity index (χ0v) is 12.4. The molecule has 0 aliphatic heterocycles. The molecule has 0 bridgehead atoms. The second kappa shape index (κ2) is 6.75. The number of anilines is 1. The highest BCUT2D eigenvalue weighted by atomic mass is 79.9. The molecule has 2 N–H and O–H groups in total. The van der Waals surface area contributed by atoms with Gasteiger partial charge in [0.15, 0.2) is 5.75 Å². The molecule has 5 heteroatoms. The Kier molecular flexibility index (Phi) is 5.62. The number of amides is 1. The molecule has 0 fully saturated rings. The fraction of sp³-hybridized carbons (Fsp3) is 0.462. The molecular weight excluding hydrogens is 298 g/mol. The van der Waals surface area contributed by atoms with Crippen LogP contribution >= 0.6 is 15.9 Å². The normalized spacial score (nSPS) is 12.2. The number of phenolic OH excluding ortho intramolecular Hbond substituents is 1. The first kappa shape index (κ1) is 15.0. The predicted octanol–water partition coefficient (Wildman–Crippen LogP) is 3.22. The van der Waals surface area contributed by atoms with Crippen molar-refractivity contribution in [3.05, 3.63) is 22.2 Å². The second-order valence-corrected chi connectivity index (χ2v) is 5.13. The highest BCUT2D eigenvalue weighted by Crippen LogP contribution is 2.33. The number of phenols is 1. The minimum absolute atomic E-state index is 0.0496. The Morgan fingerprint density at radius 1 is 1.56 bits per heavy atom. The Morgan fingerprint density at radius 2 is 2.22 bits per heavy atom. The van der Waals surface area contributed by atoms with Crippen molar-refractivity contribution in [1.29, 1.82) is 0 Å². The molecule has 0 saturated heterocycles. The molecule has 0 spiro atoms. The number of aryl methyl sites for hydroxylation is 1. The summed E-state index contributed by atoms with van der Waals surface area (Å²) in [4.78, 5) is 11.7. The van der Waals surface area contributed by atoms with E-state index in [1.165, 1.54) is 0 Å². The van der Waals surface area contributed by atoms with E-state index < -0.39 is 0 Å². The third kappa shape index (κ3) is 4.31. The fourth-order valence-electron chi connectivity index (χ4n) is 1.49. The first-order chi connectivity index (χ1) is 8.43. The molecule has 1 atom stereocenters. The monoisotopic (exact) mass is 315 g/mol. The van der Waals surface area contributed by atoms with Gasteiger partial charge in [0.05, 0.1) is 16.3 Å². The van der Waals surface area contributed by atoms with Crippen LogP contribution in [0.1, 0.15) is 25.3 Å². The maximum Gasteiger partial charge on any atom is 0.224 e. The number of hydrogen-bond acceptors (Lipinski definition) is 3. The molecular formula is C13H18BrNO3. The van der Waals surface area contributed by atoms with E-state index in [9.17, 15) is 9.90 Å². The van der Waals surface area contributed by atoms with Crippen LogP contribution in [0.5, 0.6) is 5.75 Å². The lowest BCUT2D eigenvalue weighted by atomic mass is 10.2. The van der Waals surface area contributed by atoms with E-state index in [0.29, 0.717) is 23.0 Å². The van der Waals surface area contributed by atoms with Crippen molar-refractivity contribution in [3.63, 3.8) is 0 Å². The summed E-state index contributed by atoms with van der Waals surface area (Å²) in [6, 6.07) is 3.52. The number of ether oxygens (including phenoxy) is 1. The summed E-state index contributed by atoms with van der Waals surface area (Å²) in [5.41, 5.74) is 1.39. The van der Waals surface area contributed by atoms with Crippen molar-refractivity contribution in [2.24, 2.45) is 0 Å². The molecule has 0 saturated carbocycles. The molecule has 0 aromatic heterocycles. The van der Waals surface area contributed by atoms with E-state index in [1.807, 2.05) is 13.8 Å². The average molecular weight is 316 g/mol. The van der Waals surface area contributed by atoms with E-state index in [2.05, 4.69) is 21.2 Å². The van der Waals surface area contributed by atoms with Crippen LogP contribution in [0.15, 0.2) is 16.6 Å². The Morgan fingerprint density at radius 3 is 2.83 bits per heavy atom. The maximum atomic E-state index is 11.7. The first-order valence-electron chi connectivity index (χ1n) is 5.75. The Hall–Kier alpha value is -1.07. The van der Waals surface area contributed by atoms with Crippen molar-refractivity contribution in [1.82, 2.24) is 0 Å². The van der Waals surface area contributed by atoms with Gasteiger partial charge < -0.3 is 15.2 Å². The lowest BCUT2D eigenvalue weighted by molar-refractivity contribution is -0.116. The van der Waals surface area contributed by atoms with Crippen molar-refractivity contribution in [2.45, 2.75) is 32.8 Å². The van der Waals surface area contributed by atoms with Crippen molar-refractivity contribution in [2.75, 3.05) is 12.4 Å². The SMILES string of the molecule is CO[C@@H](C)CCC(=O)Nc1cc(C)cc(Br)c1O. The minimum atomic E-state index is -0.133. The van der Waals surface area contributed by atoms with Gasteiger partial charge in [0.25, 0.3) is 0 Å². The number of benzene rings is 1. The zero-order valence-electron chi connectivity index (χ0n) is 10.8. The van der Waals surface area contributed by atoms with Crippen LogP contribution in [0.25, 0.3) is 0 Å². The summed E-state index contributed by atoms with van der Waals surface area (Å²) in [5.74, 6) is -0.0829. The minimum Gasteiger partial charge on any atom is -0.505 e. The Balaban J connectivity index is 2.65. The van der Waals surface area contributed by atoms with Crippen LogP contribution in [0.3, 0.4) is 0 Å². The Labute approximate surface area is 115 Å². The summed E-state index contributed by atoms with van der Waals surface area (Å²) in [6.45, 7) is 3.81. The Bertz CT molecular complexity index is 434. The molecule has 1 aromatic carbocycles. The third-order valence-electron chi connectivity index (χ3n) is 2.66. The zero-order chi connectivity index (χ0) is 13.7. The number of carbonyl (C=O) groups excluding carboxylic acids is 1. The van der Waals surface area contributed by atoms with Crippen LogP contribution in [-0.2, 0) is 9.53 Å². The molecule has 100 valence electrons. The summed E-state index contributed by atoms with van der Waals surface area (Å²) in [7, 11) is 1.62. The smallest absolute Gasteiger partial charge is 0.224 e. The van der Waals surface area contributed by atoms with Gasteiger partial charge in [0.2, 0.25) is 5.91 Å². The number of rotatable bonds is 5. The summed E-state index contributed by atoms with van der Waals surface area (Å²) < 4.78 is 5.65. The summed E-state index contributed by atoms with van der Waals surface area (Å²) in [6.07, 6.45) is 1.06. The van der Waals surface area contributed by atoms with Gasteiger partial charge in [0, 0.05) is 13.5 Å². The van der Waals surface area contributed by atoms with Gasteiger partial charge in [0.1, 0.15) is 0 Å². The van der Waals surface area contributed by atoms with Crippen molar-refractivity contribution >= 4 is 27.5 Å². The van der Waals surface area contributed by atoms with E-state index in [4.69, 9.17) is 4.74 Å². The maximum absolute atomic E-state index is 11.7. The van der Waals surface area contributed by atoms with Crippen LogP contribution in [0.4, 0.5) is 5.69 Å². The van der Waals surface area contributed by atoms with Gasteiger partial charge in [-0.3, -0.25) is 4.79 Å². The molecule has 4 nitrogen and oxygen atoms in total. The van der Waals surface area contributed by atoms with Gasteiger partial charge in [-0.25, -0.2) is 0 Å². The van der Waals surface area contributed by atoms with Crippen molar-refractivity contribution < 1.29 is 14.6 Å². The number of halogens is 1. The quantitative estimate of drug-likeness (QED) is 0.820. The molecule has 1 aromatic rings. The molecule has 0 aliphatic rings. The van der Waals surface area contributed by atoms with Crippen LogP contribution in [0, 0.1) is 6.92 Å². The van der Waals surface area contributed by atoms with Gasteiger partial charge in [-0.1, -0.05) is 0 Å². The van der Waals surface area contributed by atoms with Crippen LogP contribution in [0.2, 0.25) is 0 Å². The highest BCUT2D eigenvalue weighted by molar-refractivity contribution is 9.10. The van der Waals surface area contributed by atoms with Gasteiger partial charge in [-0.2, -0.15) is 0 Å². The summed E-state index contributed by atoms with van der Waals surface area (Å²) in [5, 5.41) is 12.5. The molecule has 0 heterocycles. The number of hydrogen-bond donors (Lipinski definition) is 2. The van der Waals surface area contributed by atoms with Crippen LogP contribution in [-0.4, -0.2) is 24.2 Å². The second-order valence-electron chi connectivity index (χ2n) is 4.28. The predicted molar refractivity (Wildman–Crippen MR) is 74.9 cm³/mol. The van der Waals surface area contributed by atoms with Crippen LogP contribution < -0.4 is 5.32 Å². The number of methoxy groups -OCH3 is 1. The van der Waals surface area contributed by atoms with E-state index in [-0.39, 0.29) is 17.8 Å². The number of carbonyl (C=O) groups is 1. The first-order valence-corrected chi connectivity index (χ1v) is 6.55. The number of nitrogens with one attached hydrogen (secondary N) is 1. The highest BCUT2D eigenvalue weighted by Gasteiger charge is 2.11. The lowest BCUT2D eigenvalue weighted by Crippen LogP contribution is -2.15. The van der Waals surface area contributed by atoms with E-state index in [0.717, 1.165) is 5.56 Å². The van der Waals surface area contributed by atoms with Gasteiger partial charge in [-0.05, 0) is 53.9 Å². The van der Waals surface area contributed by atoms with E-state index in [1.54, 1.807) is 19.2 Å². The lowest BCUT2D eigenvalue weighted by Gasteiger charge is -2.11. The average Bonchev–Trinajstić information content (AvgIpc) is 2.32. The molecule has 0 aliphatic carbocycles. The van der Waals surface area contributed by atoms with E-state index >= 15 is 0 Å². The molecule has 0 radical (unpaired) electrons.